The van der Waals surface area contributed by atoms with E-state index in [1.54, 1.807) is 0 Å². The molecule has 26 heavy (non-hydrogen) atoms. The van der Waals surface area contributed by atoms with Crippen LogP contribution >= 0.6 is 0 Å². The first kappa shape index (κ1) is 29.7. The maximum absolute atomic E-state index is 9.00. The Balaban J connectivity index is -0.000000551. The fraction of sp³-hybridized carbons (Fsp3) is 0.909. The van der Waals surface area contributed by atoms with Gasteiger partial charge >= 0.3 is 0 Å². The van der Waals surface area contributed by atoms with Gasteiger partial charge in [0.15, 0.2) is 0 Å². The van der Waals surface area contributed by atoms with E-state index in [2.05, 4.69) is 20.8 Å². The average Bonchev–Trinajstić information content (AvgIpc) is 2.53. The molecule has 0 aromatic heterocycles. The second-order valence-electron chi connectivity index (χ2n) is 7.26. The van der Waals surface area contributed by atoms with Crippen molar-refractivity contribution in [3.05, 3.63) is 0 Å². The van der Waals surface area contributed by atoms with Crippen molar-refractivity contribution in [3.63, 3.8) is 0 Å². The lowest BCUT2D eigenvalue weighted by Crippen LogP contribution is -1.95. The molecule has 0 aliphatic rings. The standard InChI is InChI=1S/C18H38.2C2H4O2/c1-4-6-8-10-12-14-16-18(3)17-15-13-11-9-7-5-2;2*1-2(3)4/h18H,4-17H2,1-3H3;2*1H3,(H,3,4). The molecule has 0 atom stereocenters. The number of carbonyl (C=O) groups is 2. The van der Waals surface area contributed by atoms with Gasteiger partial charge in [-0.15, -0.1) is 0 Å². The van der Waals surface area contributed by atoms with Crippen molar-refractivity contribution in [3.8, 4) is 0 Å². The number of hydrogen-bond acceptors (Lipinski definition) is 2. The Morgan fingerprint density at radius 2 is 0.846 bits per heavy atom. The summed E-state index contributed by atoms with van der Waals surface area (Å²) in [6.07, 6.45) is 20.3. The minimum atomic E-state index is -0.833. The minimum Gasteiger partial charge on any atom is -0.481 e. The topological polar surface area (TPSA) is 74.6 Å². The van der Waals surface area contributed by atoms with Crippen molar-refractivity contribution in [2.24, 2.45) is 5.92 Å². The second-order valence-corrected chi connectivity index (χ2v) is 7.26. The van der Waals surface area contributed by atoms with Gasteiger partial charge in [-0.05, 0) is 5.92 Å². The first-order valence-electron chi connectivity index (χ1n) is 10.7. The minimum absolute atomic E-state index is 0.833. The molecular formula is C22H46O4. The van der Waals surface area contributed by atoms with Crippen LogP contribution in [-0.2, 0) is 9.59 Å². The van der Waals surface area contributed by atoms with E-state index in [4.69, 9.17) is 19.8 Å². The van der Waals surface area contributed by atoms with Gasteiger partial charge in [-0.3, -0.25) is 9.59 Å². The van der Waals surface area contributed by atoms with E-state index < -0.39 is 11.9 Å². The van der Waals surface area contributed by atoms with Crippen LogP contribution in [0.15, 0.2) is 0 Å². The smallest absolute Gasteiger partial charge is 0.300 e. The highest BCUT2D eigenvalue weighted by molar-refractivity contribution is 5.63. The molecule has 0 aliphatic carbocycles. The van der Waals surface area contributed by atoms with Crippen molar-refractivity contribution in [2.75, 3.05) is 0 Å². The van der Waals surface area contributed by atoms with Crippen molar-refractivity contribution in [2.45, 2.75) is 125 Å². The van der Waals surface area contributed by atoms with Gasteiger partial charge in [0.25, 0.3) is 11.9 Å². The van der Waals surface area contributed by atoms with E-state index in [1.807, 2.05) is 0 Å². The highest BCUT2D eigenvalue weighted by Crippen LogP contribution is 2.18. The number of rotatable bonds is 14. The molecule has 0 saturated carbocycles. The highest BCUT2D eigenvalue weighted by Gasteiger charge is 2.01. The summed E-state index contributed by atoms with van der Waals surface area (Å²) in [5, 5.41) is 14.8. The van der Waals surface area contributed by atoms with Crippen LogP contribution in [0.25, 0.3) is 0 Å². The van der Waals surface area contributed by atoms with Gasteiger partial charge < -0.3 is 10.2 Å². The van der Waals surface area contributed by atoms with Gasteiger partial charge in [0.05, 0.1) is 0 Å². The molecule has 0 heterocycles. The van der Waals surface area contributed by atoms with Crippen LogP contribution in [0.1, 0.15) is 125 Å². The molecule has 0 rings (SSSR count). The lowest BCUT2D eigenvalue weighted by Gasteiger charge is -2.10. The fourth-order valence-electron chi connectivity index (χ4n) is 2.69. The van der Waals surface area contributed by atoms with Gasteiger partial charge in [-0.1, -0.05) is 111 Å². The Morgan fingerprint density at radius 3 is 1.12 bits per heavy atom. The molecule has 0 radical (unpaired) electrons. The zero-order valence-electron chi connectivity index (χ0n) is 18.2. The van der Waals surface area contributed by atoms with Gasteiger partial charge in [-0.25, -0.2) is 0 Å². The second kappa shape index (κ2) is 26.2. The summed E-state index contributed by atoms with van der Waals surface area (Å²) in [6, 6.07) is 0. The molecular weight excluding hydrogens is 328 g/mol. The predicted octanol–water partition coefficient (Wildman–Crippen LogP) is 7.31. The first-order chi connectivity index (χ1) is 12.3. The van der Waals surface area contributed by atoms with Crippen molar-refractivity contribution >= 4 is 11.9 Å². The summed E-state index contributed by atoms with van der Waals surface area (Å²) < 4.78 is 0. The lowest BCUT2D eigenvalue weighted by molar-refractivity contribution is -0.135. The summed E-state index contributed by atoms with van der Waals surface area (Å²) >= 11 is 0. The largest absolute Gasteiger partial charge is 0.481 e. The molecule has 0 aromatic rings. The van der Waals surface area contributed by atoms with Crippen molar-refractivity contribution in [1.82, 2.24) is 0 Å². The molecule has 0 aliphatic heterocycles. The van der Waals surface area contributed by atoms with Crippen molar-refractivity contribution in [1.29, 1.82) is 0 Å². The van der Waals surface area contributed by atoms with Gasteiger partial charge in [-0.2, -0.15) is 0 Å². The Labute approximate surface area is 162 Å². The maximum Gasteiger partial charge on any atom is 0.300 e. The van der Waals surface area contributed by atoms with E-state index in [-0.39, 0.29) is 0 Å². The monoisotopic (exact) mass is 374 g/mol. The summed E-state index contributed by atoms with van der Waals surface area (Å²) in [5.74, 6) is -0.692. The molecule has 0 spiro atoms. The Bertz CT molecular complexity index is 254. The van der Waals surface area contributed by atoms with E-state index in [1.165, 1.54) is 89.9 Å². The van der Waals surface area contributed by atoms with E-state index in [0.29, 0.717) is 0 Å². The van der Waals surface area contributed by atoms with E-state index >= 15 is 0 Å². The Hall–Kier alpha value is -1.06. The number of aliphatic carboxylic acids is 2. The molecule has 0 unspecified atom stereocenters. The SMILES string of the molecule is CC(=O)O.CC(=O)O.CCCCCCCCC(C)CCCCCCCC. The molecule has 4 nitrogen and oxygen atoms in total. The summed E-state index contributed by atoms with van der Waals surface area (Å²) in [4.78, 5) is 18.0. The Morgan fingerprint density at radius 1 is 0.615 bits per heavy atom. The lowest BCUT2D eigenvalue weighted by atomic mass is 9.96. The summed E-state index contributed by atoms with van der Waals surface area (Å²) in [6.45, 7) is 9.21. The molecule has 0 amide bonds. The van der Waals surface area contributed by atoms with Gasteiger partial charge in [0, 0.05) is 13.8 Å². The van der Waals surface area contributed by atoms with Crippen molar-refractivity contribution < 1.29 is 19.8 Å². The number of carboxylic acid groups (broad SMARTS) is 2. The van der Waals surface area contributed by atoms with Crippen LogP contribution < -0.4 is 0 Å². The highest BCUT2D eigenvalue weighted by atomic mass is 16.4. The molecule has 2 N–H and O–H groups in total. The fourth-order valence-corrected chi connectivity index (χ4v) is 2.69. The molecule has 0 saturated heterocycles. The molecule has 0 aromatic carbocycles. The number of carboxylic acids is 2. The van der Waals surface area contributed by atoms with Crippen LogP contribution in [-0.4, -0.2) is 22.2 Å². The van der Waals surface area contributed by atoms with Gasteiger partial charge in [0.1, 0.15) is 0 Å². The van der Waals surface area contributed by atoms with Crippen LogP contribution in [0.5, 0.6) is 0 Å². The van der Waals surface area contributed by atoms with Crippen LogP contribution in [0.3, 0.4) is 0 Å². The van der Waals surface area contributed by atoms with Gasteiger partial charge in [0.2, 0.25) is 0 Å². The first-order valence-corrected chi connectivity index (χ1v) is 10.7. The maximum atomic E-state index is 9.00. The van der Waals surface area contributed by atoms with E-state index in [9.17, 15) is 0 Å². The molecule has 0 bridgehead atoms. The third kappa shape index (κ3) is 49.5. The summed E-state index contributed by atoms with van der Waals surface area (Å²) in [5.41, 5.74) is 0. The predicted molar refractivity (Wildman–Crippen MR) is 112 cm³/mol. The zero-order chi connectivity index (χ0) is 20.6. The Kier molecular flexibility index (Phi) is 29.9. The number of hydrogen-bond donors (Lipinski definition) is 2. The quantitative estimate of drug-likeness (QED) is 0.313. The molecule has 0 fully saturated rings. The normalized spacial score (nSPS) is 9.77. The molecule has 4 heteroatoms. The van der Waals surface area contributed by atoms with E-state index in [0.717, 1.165) is 19.8 Å². The third-order valence-electron chi connectivity index (χ3n) is 4.10. The van der Waals surface area contributed by atoms with Crippen LogP contribution in [0, 0.1) is 5.92 Å². The average molecular weight is 375 g/mol. The summed E-state index contributed by atoms with van der Waals surface area (Å²) in [7, 11) is 0. The zero-order valence-corrected chi connectivity index (χ0v) is 18.2. The number of unbranched alkanes of at least 4 members (excludes halogenated alkanes) is 10. The van der Waals surface area contributed by atoms with Crippen LogP contribution in [0.4, 0.5) is 0 Å². The molecule has 158 valence electrons. The third-order valence-corrected chi connectivity index (χ3v) is 4.10. The van der Waals surface area contributed by atoms with Crippen LogP contribution in [0.2, 0.25) is 0 Å².